The summed E-state index contributed by atoms with van der Waals surface area (Å²) < 4.78 is 9.13. The molecule has 2 unspecified atom stereocenters. The third kappa shape index (κ3) is 3.43. The Morgan fingerprint density at radius 2 is 1.37 bits per heavy atom. The third-order valence-corrected chi connectivity index (χ3v) is 12.4. The first kappa shape index (κ1) is 27.7. The van der Waals surface area contributed by atoms with Crippen molar-refractivity contribution in [2.75, 3.05) is 0 Å². The molecule has 2 heteroatoms. The van der Waals surface area contributed by atoms with Crippen LogP contribution in [0.15, 0.2) is 156 Å². The van der Waals surface area contributed by atoms with Gasteiger partial charge in [0.15, 0.2) is 0 Å². The molecule has 8 aromatic rings. The first-order valence-electron chi connectivity index (χ1n) is 18.1. The van der Waals surface area contributed by atoms with Crippen LogP contribution in [0.1, 0.15) is 41.7 Å². The zero-order valence-electron chi connectivity index (χ0n) is 28.4. The Morgan fingerprint density at radius 1 is 0.608 bits per heavy atom. The highest BCUT2D eigenvalue weighted by molar-refractivity contribution is 6.18. The summed E-state index contributed by atoms with van der Waals surface area (Å²) in [7, 11) is 0. The molecular formula is C49H33NO. The van der Waals surface area contributed by atoms with Crippen molar-refractivity contribution in [1.82, 2.24) is 4.57 Å². The van der Waals surface area contributed by atoms with Crippen LogP contribution in [0.2, 0.25) is 0 Å². The van der Waals surface area contributed by atoms with Crippen molar-refractivity contribution in [3.8, 4) is 16.8 Å². The van der Waals surface area contributed by atoms with Gasteiger partial charge in [-0.05, 0) is 80.4 Å². The number of nitrogens with zero attached hydrogens (tertiary/aromatic N) is 1. The standard InChI is InChI=1S/C49H33NO/c1-49(2)40-25-23-37-33-15-6-8-20-43(33)51-48(37)45(40)39-24-26-42-46(47(39)49)38-16-5-7-19-41(38)50(42)29-12-9-11-28(27-29)30-21-22-36-32-14-4-3-13-31(32)35-18-10-17-34(30)44(35)36/h3-27,34,44H,1-2H3. The van der Waals surface area contributed by atoms with Gasteiger partial charge in [0.05, 0.1) is 11.0 Å². The van der Waals surface area contributed by atoms with Gasteiger partial charge in [-0.1, -0.05) is 135 Å². The van der Waals surface area contributed by atoms with E-state index in [0.717, 1.165) is 11.2 Å². The molecule has 6 aromatic carbocycles. The fourth-order valence-corrected chi connectivity index (χ4v) is 10.2. The van der Waals surface area contributed by atoms with Crippen molar-refractivity contribution in [3.63, 3.8) is 0 Å². The molecule has 240 valence electrons. The first-order chi connectivity index (χ1) is 25.1. The molecule has 0 bridgehead atoms. The Balaban J connectivity index is 1.06. The highest BCUT2D eigenvalue weighted by atomic mass is 16.3. The number of hydrogen-bond donors (Lipinski definition) is 0. The van der Waals surface area contributed by atoms with Crippen LogP contribution < -0.4 is 0 Å². The Hall–Kier alpha value is -6.12. The molecule has 2 heterocycles. The van der Waals surface area contributed by atoms with Gasteiger partial charge in [-0.15, -0.1) is 0 Å². The number of rotatable bonds is 2. The molecule has 12 rings (SSSR count). The van der Waals surface area contributed by atoms with Gasteiger partial charge in [-0.3, -0.25) is 0 Å². The third-order valence-electron chi connectivity index (χ3n) is 12.4. The highest BCUT2D eigenvalue weighted by Crippen LogP contribution is 2.57. The molecule has 2 nitrogen and oxygen atoms in total. The predicted molar refractivity (Wildman–Crippen MR) is 212 cm³/mol. The molecule has 0 radical (unpaired) electrons. The number of hydrogen-bond acceptors (Lipinski definition) is 1. The predicted octanol–water partition coefficient (Wildman–Crippen LogP) is 12.7. The van der Waals surface area contributed by atoms with E-state index in [1.54, 1.807) is 0 Å². The SMILES string of the molecule is CC1(C)c2ccc3c(oc4ccccc43)c2-c2ccc3c(c21)c1ccccc1n3-c1cccc(C2=CC=C3c4ccccc4C4=CC=CC2C43)c1. The fourth-order valence-electron chi connectivity index (χ4n) is 10.2. The van der Waals surface area contributed by atoms with E-state index in [1.165, 1.54) is 93.9 Å². The maximum absolute atomic E-state index is 6.64. The molecule has 0 saturated carbocycles. The van der Waals surface area contributed by atoms with Crippen molar-refractivity contribution in [2.45, 2.75) is 19.3 Å². The van der Waals surface area contributed by atoms with Crippen molar-refractivity contribution in [1.29, 1.82) is 0 Å². The maximum Gasteiger partial charge on any atom is 0.143 e. The van der Waals surface area contributed by atoms with Crippen LogP contribution in [-0.4, -0.2) is 4.57 Å². The summed E-state index contributed by atoms with van der Waals surface area (Å²) >= 11 is 0. The average molecular weight is 652 g/mol. The molecule has 0 N–H and O–H groups in total. The van der Waals surface area contributed by atoms with Gasteiger partial charge >= 0.3 is 0 Å². The second-order valence-electron chi connectivity index (χ2n) is 15.2. The molecule has 0 fully saturated rings. The van der Waals surface area contributed by atoms with Crippen LogP contribution >= 0.6 is 0 Å². The summed E-state index contributed by atoms with van der Waals surface area (Å²) in [4.78, 5) is 0. The van der Waals surface area contributed by atoms with Crippen molar-refractivity contribution < 1.29 is 4.42 Å². The van der Waals surface area contributed by atoms with E-state index < -0.39 is 0 Å². The molecule has 0 aliphatic heterocycles. The van der Waals surface area contributed by atoms with Crippen LogP contribution in [0.3, 0.4) is 0 Å². The van der Waals surface area contributed by atoms with Gasteiger partial charge in [0.2, 0.25) is 0 Å². The Kier molecular flexibility index (Phi) is 5.19. The summed E-state index contributed by atoms with van der Waals surface area (Å²) in [6.45, 7) is 4.77. The lowest BCUT2D eigenvalue weighted by Gasteiger charge is -2.31. The molecule has 0 saturated heterocycles. The normalized spacial score (nSPS) is 19.2. The minimum absolute atomic E-state index is 0.206. The Bertz CT molecular complexity index is 3010. The summed E-state index contributed by atoms with van der Waals surface area (Å²) in [5, 5.41) is 4.97. The average Bonchev–Trinajstić information content (AvgIpc) is 3.88. The van der Waals surface area contributed by atoms with Crippen molar-refractivity contribution in [2.24, 2.45) is 11.8 Å². The summed E-state index contributed by atoms with van der Waals surface area (Å²) in [5.41, 5.74) is 19.0. The zero-order valence-corrected chi connectivity index (χ0v) is 28.4. The fraction of sp³-hybridized carbons (Fsp3) is 0.102. The van der Waals surface area contributed by atoms with E-state index in [2.05, 4.69) is 170 Å². The van der Waals surface area contributed by atoms with Crippen LogP contribution in [0.5, 0.6) is 0 Å². The van der Waals surface area contributed by atoms with Gasteiger partial charge < -0.3 is 8.98 Å². The van der Waals surface area contributed by atoms with Crippen molar-refractivity contribution in [3.05, 3.63) is 180 Å². The number of furan rings is 1. The maximum atomic E-state index is 6.64. The molecule has 4 aliphatic carbocycles. The van der Waals surface area contributed by atoms with Gasteiger partial charge in [0.1, 0.15) is 11.2 Å². The van der Waals surface area contributed by atoms with Crippen LogP contribution in [0.25, 0.3) is 77.3 Å². The lowest BCUT2D eigenvalue weighted by Crippen LogP contribution is -2.18. The molecule has 2 aromatic heterocycles. The second kappa shape index (κ2) is 9.56. The summed E-state index contributed by atoms with van der Waals surface area (Å²) in [6, 6.07) is 44.8. The van der Waals surface area contributed by atoms with Gasteiger partial charge in [0.25, 0.3) is 0 Å². The number of aromatic nitrogens is 1. The first-order valence-corrected chi connectivity index (χ1v) is 18.1. The van der Waals surface area contributed by atoms with Gasteiger partial charge in [-0.2, -0.15) is 0 Å². The zero-order chi connectivity index (χ0) is 33.6. The minimum atomic E-state index is -0.206. The Labute approximate surface area is 296 Å². The largest absolute Gasteiger partial charge is 0.455 e. The van der Waals surface area contributed by atoms with E-state index in [4.69, 9.17) is 4.42 Å². The number of fused-ring (bicyclic) bond motifs is 14. The molecule has 4 aliphatic rings. The molecule has 2 atom stereocenters. The van der Waals surface area contributed by atoms with Crippen LogP contribution in [0, 0.1) is 11.8 Å². The highest BCUT2D eigenvalue weighted by Gasteiger charge is 2.42. The lowest BCUT2D eigenvalue weighted by atomic mass is 9.72. The smallest absolute Gasteiger partial charge is 0.143 e. The van der Waals surface area contributed by atoms with Crippen LogP contribution in [-0.2, 0) is 5.41 Å². The van der Waals surface area contributed by atoms with Gasteiger partial charge in [-0.25, -0.2) is 0 Å². The number of para-hydroxylation sites is 2. The van der Waals surface area contributed by atoms with E-state index >= 15 is 0 Å². The van der Waals surface area contributed by atoms with Gasteiger partial charge in [0, 0.05) is 50.0 Å². The minimum Gasteiger partial charge on any atom is -0.455 e. The van der Waals surface area contributed by atoms with Crippen LogP contribution in [0.4, 0.5) is 0 Å². The van der Waals surface area contributed by atoms with E-state index in [0.29, 0.717) is 11.8 Å². The molecular weight excluding hydrogens is 619 g/mol. The topological polar surface area (TPSA) is 18.1 Å². The Morgan fingerprint density at radius 3 is 2.25 bits per heavy atom. The molecule has 51 heavy (non-hydrogen) atoms. The number of allylic oxidation sites excluding steroid dienone is 8. The van der Waals surface area contributed by atoms with E-state index in [-0.39, 0.29) is 5.41 Å². The van der Waals surface area contributed by atoms with E-state index in [1.807, 2.05) is 0 Å². The lowest BCUT2D eigenvalue weighted by molar-refractivity contribution is 0.657. The second-order valence-corrected chi connectivity index (χ2v) is 15.2. The monoisotopic (exact) mass is 651 g/mol. The number of benzene rings is 6. The molecule has 0 amide bonds. The molecule has 0 spiro atoms. The summed E-state index contributed by atoms with van der Waals surface area (Å²) in [6.07, 6.45) is 11.8. The van der Waals surface area contributed by atoms with Crippen molar-refractivity contribution >= 4 is 60.5 Å². The van der Waals surface area contributed by atoms with E-state index in [9.17, 15) is 0 Å². The quantitative estimate of drug-likeness (QED) is 0.182. The summed E-state index contributed by atoms with van der Waals surface area (Å²) in [5.74, 6) is 0.678.